The lowest BCUT2D eigenvalue weighted by atomic mass is 10.1. The van der Waals surface area contributed by atoms with Gasteiger partial charge < -0.3 is 19.5 Å². The molecule has 5 nitrogen and oxygen atoms in total. The van der Waals surface area contributed by atoms with Gasteiger partial charge in [0.15, 0.2) is 0 Å². The average molecular weight is 279 g/mol. The van der Waals surface area contributed by atoms with Crippen LogP contribution in [0.4, 0.5) is 0 Å². The van der Waals surface area contributed by atoms with Gasteiger partial charge in [0, 0.05) is 31.3 Å². The molecule has 1 amide bonds. The molecule has 0 saturated carbocycles. The van der Waals surface area contributed by atoms with Crippen molar-refractivity contribution in [3.63, 3.8) is 0 Å². The third-order valence-corrected chi connectivity index (χ3v) is 3.71. The zero-order valence-electron chi connectivity index (χ0n) is 12.0. The van der Waals surface area contributed by atoms with E-state index < -0.39 is 0 Å². The standard InChI is InChI=1S/C15H21NO4/c1-19-13-7-12(8-14(9-13)20-2)15(18)16-5-3-11(10-16)4-6-17/h7-9,11,17H,3-6,10H2,1-2H3. The fourth-order valence-electron chi connectivity index (χ4n) is 2.55. The van der Waals surface area contributed by atoms with Crippen LogP contribution in [0.1, 0.15) is 23.2 Å². The molecule has 1 fully saturated rings. The third kappa shape index (κ3) is 3.22. The molecule has 1 aromatic rings. The SMILES string of the molecule is COc1cc(OC)cc(C(=O)N2CCC(CCO)C2)c1. The number of nitrogens with zero attached hydrogens (tertiary/aromatic N) is 1. The Morgan fingerprint density at radius 3 is 2.50 bits per heavy atom. The van der Waals surface area contributed by atoms with Crippen molar-refractivity contribution in [2.75, 3.05) is 33.9 Å². The van der Waals surface area contributed by atoms with E-state index in [2.05, 4.69) is 0 Å². The predicted octanol–water partition coefficient (Wildman–Crippen LogP) is 1.55. The molecule has 1 atom stereocenters. The molecular formula is C15H21NO4. The number of amides is 1. The highest BCUT2D eigenvalue weighted by Gasteiger charge is 2.27. The van der Waals surface area contributed by atoms with Crippen molar-refractivity contribution >= 4 is 5.91 Å². The second-order valence-electron chi connectivity index (χ2n) is 5.02. The lowest BCUT2D eigenvalue weighted by Crippen LogP contribution is -2.28. The molecule has 0 aromatic heterocycles. The van der Waals surface area contributed by atoms with Crippen LogP contribution in [0.5, 0.6) is 11.5 Å². The molecule has 0 aliphatic carbocycles. The van der Waals surface area contributed by atoms with Gasteiger partial charge in [0.1, 0.15) is 11.5 Å². The molecule has 1 saturated heterocycles. The number of hydrogen-bond acceptors (Lipinski definition) is 4. The highest BCUT2D eigenvalue weighted by molar-refractivity contribution is 5.95. The van der Waals surface area contributed by atoms with E-state index in [4.69, 9.17) is 14.6 Å². The summed E-state index contributed by atoms with van der Waals surface area (Å²) in [6.07, 6.45) is 1.71. The number of ether oxygens (including phenoxy) is 2. The minimum absolute atomic E-state index is 0.0114. The molecule has 1 aromatic carbocycles. The van der Waals surface area contributed by atoms with Gasteiger partial charge in [-0.2, -0.15) is 0 Å². The first-order valence-corrected chi connectivity index (χ1v) is 6.81. The minimum Gasteiger partial charge on any atom is -0.497 e. The first-order valence-electron chi connectivity index (χ1n) is 6.81. The van der Waals surface area contributed by atoms with E-state index in [1.54, 1.807) is 32.4 Å². The number of methoxy groups -OCH3 is 2. The van der Waals surface area contributed by atoms with Crippen LogP contribution in [-0.4, -0.2) is 49.8 Å². The maximum atomic E-state index is 12.5. The molecule has 1 unspecified atom stereocenters. The molecule has 0 radical (unpaired) electrons. The smallest absolute Gasteiger partial charge is 0.254 e. The topological polar surface area (TPSA) is 59.0 Å². The Bertz CT molecular complexity index is 453. The molecule has 0 bridgehead atoms. The van der Waals surface area contributed by atoms with E-state index in [-0.39, 0.29) is 12.5 Å². The number of rotatable bonds is 5. The molecular weight excluding hydrogens is 258 g/mol. The van der Waals surface area contributed by atoms with E-state index in [1.807, 2.05) is 4.90 Å². The Morgan fingerprint density at radius 2 is 1.95 bits per heavy atom. The fraction of sp³-hybridized carbons (Fsp3) is 0.533. The zero-order chi connectivity index (χ0) is 14.5. The van der Waals surface area contributed by atoms with Crippen molar-refractivity contribution in [1.82, 2.24) is 4.90 Å². The van der Waals surface area contributed by atoms with Crippen molar-refractivity contribution in [3.8, 4) is 11.5 Å². The monoisotopic (exact) mass is 279 g/mol. The second kappa shape index (κ2) is 6.61. The van der Waals surface area contributed by atoms with Crippen molar-refractivity contribution in [2.24, 2.45) is 5.92 Å². The first-order chi connectivity index (χ1) is 9.67. The van der Waals surface area contributed by atoms with Crippen LogP contribution in [0.2, 0.25) is 0 Å². The van der Waals surface area contributed by atoms with Gasteiger partial charge in [0.25, 0.3) is 5.91 Å². The van der Waals surface area contributed by atoms with Crippen molar-refractivity contribution in [3.05, 3.63) is 23.8 Å². The fourth-order valence-corrected chi connectivity index (χ4v) is 2.55. The summed E-state index contributed by atoms with van der Waals surface area (Å²) in [5, 5.41) is 8.97. The summed E-state index contributed by atoms with van der Waals surface area (Å²) in [7, 11) is 3.13. The van der Waals surface area contributed by atoms with Gasteiger partial charge in [-0.25, -0.2) is 0 Å². The number of aliphatic hydroxyl groups is 1. The van der Waals surface area contributed by atoms with E-state index in [1.165, 1.54) is 0 Å². The van der Waals surface area contributed by atoms with Crippen molar-refractivity contribution in [2.45, 2.75) is 12.8 Å². The Hall–Kier alpha value is -1.75. The van der Waals surface area contributed by atoms with Gasteiger partial charge in [-0.15, -0.1) is 0 Å². The molecule has 1 N–H and O–H groups in total. The lowest BCUT2D eigenvalue weighted by Gasteiger charge is -2.17. The summed E-state index contributed by atoms with van der Waals surface area (Å²) in [5.41, 5.74) is 0.575. The summed E-state index contributed by atoms with van der Waals surface area (Å²) in [6, 6.07) is 5.20. The average Bonchev–Trinajstić information content (AvgIpc) is 2.94. The van der Waals surface area contributed by atoms with Crippen molar-refractivity contribution in [1.29, 1.82) is 0 Å². The minimum atomic E-state index is -0.0114. The molecule has 1 aliphatic rings. The van der Waals surface area contributed by atoms with Gasteiger partial charge >= 0.3 is 0 Å². The van der Waals surface area contributed by atoms with Crippen LogP contribution in [-0.2, 0) is 0 Å². The lowest BCUT2D eigenvalue weighted by molar-refractivity contribution is 0.0784. The molecule has 1 heterocycles. The molecule has 0 spiro atoms. The van der Waals surface area contributed by atoms with Gasteiger partial charge in [-0.05, 0) is 30.9 Å². The van der Waals surface area contributed by atoms with Gasteiger partial charge in [-0.3, -0.25) is 4.79 Å². The summed E-state index contributed by atoms with van der Waals surface area (Å²) in [6.45, 7) is 1.63. The third-order valence-electron chi connectivity index (χ3n) is 3.71. The van der Waals surface area contributed by atoms with Crippen LogP contribution in [0, 0.1) is 5.92 Å². The predicted molar refractivity (Wildman–Crippen MR) is 75.3 cm³/mol. The number of benzene rings is 1. The number of carbonyl (C=O) groups excluding carboxylic acids is 1. The van der Waals surface area contributed by atoms with Crippen LogP contribution in [0.25, 0.3) is 0 Å². The largest absolute Gasteiger partial charge is 0.497 e. The summed E-state index contributed by atoms with van der Waals surface area (Å²) >= 11 is 0. The van der Waals surface area contributed by atoms with E-state index in [9.17, 15) is 4.79 Å². The summed E-state index contributed by atoms with van der Waals surface area (Å²) in [5.74, 6) is 1.61. The molecule has 5 heteroatoms. The summed E-state index contributed by atoms with van der Waals surface area (Å²) < 4.78 is 10.4. The molecule has 2 rings (SSSR count). The first kappa shape index (κ1) is 14.7. The number of hydrogen-bond donors (Lipinski definition) is 1. The zero-order valence-corrected chi connectivity index (χ0v) is 12.0. The number of aliphatic hydroxyl groups excluding tert-OH is 1. The Labute approximate surface area is 119 Å². The number of likely N-dealkylation sites (tertiary alicyclic amines) is 1. The normalized spacial score (nSPS) is 18.1. The van der Waals surface area contributed by atoms with E-state index >= 15 is 0 Å². The quantitative estimate of drug-likeness (QED) is 0.888. The molecule has 1 aliphatic heterocycles. The molecule has 110 valence electrons. The van der Waals surface area contributed by atoms with Crippen LogP contribution >= 0.6 is 0 Å². The maximum absolute atomic E-state index is 12.5. The van der Waals surface area contributed by atoms with Gasteiger partial charge in [-0.1, -0.05) is 0 Å². The number of carbonyl (C=O) groups is 1. The van der Waals surface area contributed by atoms with Crippen LogP contribution in [0.3, 0.4) is 0 Å². The van der Waals surface area contributed by atoms with Crippen LogP contribution in [0.15, 0.2) is 18.2 Å². The Balaban J connectivity index is 2.13. The van der Waals surface area contributed by atoms with E-state index in [0.717, 1.165) is 19.4 Å². The maximum Gasteiger partial charge on any atom is 0.254 e. The van der Waals surface area contributed by atoms with Crippen LogP contribution < -0.4 is 9.47 Å². The van der Waals surface area contributed by atoms with E-state index in [0.29, 0.717) is 29.5 Å². The van der Waals surface area contributed by atoms with Gasteiger partial charge in [0.2, 0.25) is 0 Å². The highest BCUT2D eigenvalue weighted by Crippen LogP contribution is 2.26. The van der Waals surface area contributed by atoms with Gasteiger partial charge in [0.05, 0.1) is 14.2 Å². The van der Waals surface area contributed by atoms with Crippen molar-refractivity contribution < 1.29 is 19.4 Å². The Kier molecular flexibility index (Phi) is 4.84. The highest BCUT2D eigenvalue weighted by atomic mass is 16.5. The Morgan fingerprint density at radius 1 is 1.30 bits per heavy atom. The second-order valence-corrected chi connectivity index (χ2v) is 5.02. The summed E-state index contributed by atoms with van der Waals surface area (Å²) in [4.78, 5) is 14.3. The molecule has 20 heavy (non-hydrogen) atoms.